The molecule has 45 heavy (non-hydrogen) atoms. The molecule has 0 heterocycles. The number of aliphatic hydroxyl groups is 5. The maximum absolute atomic E-state index is 12.6. The van der Waals surface area contributed by atoms with Crippen molar-refractivity contribution in [3.63, 3.8) is 0 Å². The summed E-state index contributed by atoms with van der Waals surface area (Å²) in [5, 5.41) is 49.6. The maximum Gasteiger partial charge on any atom is 0.472 e. The zero-order valence-electron chi connectivity index (χ0n) is 27.2. The number of carbonyl (C=O) groups is 2. The fourth-order valence-electron chi connectivity index (χ4n) is 5.11. The van der Waals surface area contributed by atoms with Gasteiger partial charge in [0, 0.05) is 12.8 Å². The molecule has 6 unspecified atom stereocenters. The van der Waals surface area contributed by atoms with Crippen molar-refractivity contribution in [1.82, 2.24) is 0 Å². The molecule has 0 aliphatic heterocycles. The Balaban J connectivity index is 2.62. The minimum Gasteiger partial charge on any atom is -0.462 e. The molecule has 0 radical (unpaired) electrons. The van der Waals surface area contributed by atoms with E-state index in [1.807, 2.05) is 0 Å². The lowest BCUT2D eigenvalue weighted by molar-refractivity contribution is -0.220. The van der Waals surface area contributed by atoms with Crippen molar-refractivity contribution in [2.45, 2.75) is 172 Å². The van der Waals surface area contributed by atoms with E-state index in [4.69, 9.17) is 18.5 Å². The molecule has 6 N–H and O–H groups in total. The Kier molecular flexibility index (Phi) is 22.4. The van der Waals surface area contributed by atoms with E-state index in [1.165, 1.54) is 32.1 Å². The summed E-state index contributed by atoms with van der Waals surface area (Å²) in [6, 6.07) is 0. The summed E-state index contributed by atoms with van der Waals surface area (Å²) >= 11 is 0. The van der Waals surface area contributed by atoms with E-state index in [-0.39, 0.29) is 12.8 Å². The molecule has 13 nitrogen and oxygen atoms in total. The number of hydrogen-bond donors (Lipinski definition) is 6. The number of hydrogen-bond acceptors (Lipinski definition) is 12. The number of unbranched alkanes of at least 4 members (excludes halogenated alkanes) is 14. The van der Waals surface area contributed by atoms with E-state index >= 15 is 0 Å². The molecule has 266 valence electrons. The number of phosphoric acid groups is 1. The van der Waals surface area contributed by atoms with Gasteiger partial charge in [0.05, 0.1) is 6.61 Å². The highest BCUT2D eigenvalue weighted by atomic mass is 31.2. The van der Waals surface area contributed by atoms with Gasteiger partial charge in [-0.05, 0) is 12.8 Å². The largest absolute Gasteiger partial charge is 0.472 e. The summed E-state index contributed by atoms with van der Waals surface area (Å²) in [6.07, 6.45) is 3.80. The number of esters is 2. The van der Waals surface area contributed by atoms with Crippen LogP contribution in [0.15, 0.2) is 0 Å². The Morgan fingerprint density at radius 2 is 1.00 bits per heavy atom. The second-order valence-electron chi connectivity index (χ2n) is 12.0. The summed E-state index contributed by atoms with van der Waals surface area (Å²) in [7, 11) is -5.09. The van der Waals surface area contributed by atoms with Crippen LogP contribution in [0.2, 0.25) is 0 Å². The molecular weight excluding hydrogens is 611 g/mol. The summed E-state index contributed by atoms with van der Waals surface area (Å²) in [5.74, 6) is -1.11. The molecular formula is C31H59O13P. The fourth-order valence-corrected chi connectivity index (χ4v) is 6.08. The van der Waals surface area contributed by atoms with Crippen LogP contribution in [0.5, 0.6) is 0 Å². The molecule has 1 fully saturated rings. The zero-order valence-corrected chi connectivity index (χ0v) is 28.1. The lowest BCUT2D eigenvalue weighted by Crippen LogP contribution is -2.64. The first-order valence-electron chi connectivity index (χ1n) is 16.8. The highest BCUT2D eigenvalue weighted by Gasteiger charge is 2.51. The third-order valence-electron chi connectivity index (χ3n) is 7.95. The third kappa shape index (κ3) is 18.1. The van der Waals surface area contributed by atoms with Crippen LogP contribution in [0.3, 0.4) is 0 Å². The molecule has 0 saturated heterocycles. The monoisotopic (exact) mass is 670 g/mol. The van der Waals surface area contributed by atoms with E-state index in [0.29, 0.717) is 12.8 Å². The molecule has 1 aliphatic rings. The number of phosphoric ester groups is 1. The average Bonchev–Trinajstić information content (AvgIpc) is 3.01. The molecule has 8 atom stereocenters. The van der Waals surface area contributed by atoms with Crippen molar-refractivity contribution in [2.24, 2.45) is 0 Å². The molecule has 0 aromatic heterocycles. The second kappa shape index (κ2) is 24.1. The van der Waals surface area contributed by atoms with Crippen LogP contribution in [0.1, 0.15) is 129 Å². The van der Waals surface area contributed by atoms with Crippen molar-refractivity contribution in [3.8, 4) is 0 Å². The van der Waals surface area contributed by atoms with Gasteiger partial charge in [0.25, 0.3) is 0 Å². The molecule has 0 aromatic carbocycles. The van der Waals surface area contributed by atoms with Crippen LogP contribution in [-0.2, 0) is 32.7 Å². The van der Waals surface area contributed by atoms with E-state index in [9.17, 15) is 44.6 Å². The zero-order chi connectivity index (χ0) is 33.7. The Bertz CT molecular complexity index is 828. The minimum atomic E-state index is -5.09. The molecule has 0 bridgehead atoms. The number of rotatable bonds is 26. The van der Waals surface area contributed by atoms with Crippen LogP contribution in [0, 0.1) is 0 Å². The normalized spacial score (nSPS) is 25.4. The van der Waals surface area contributed by atoms with E-state index in [1.54, 1.807) is 0 Å². The Hall–Kier alpha value is -1.15. The quantitative estimate of drug-likeness (QED) is 0.0440. The summed E-state index contributed by atoms with van der Waals surface area (Å²) in [6.45, 7) is 3.15. The number of carbonyl (C=O) groups excluding carboxylic acids is 2. The molecule has 14 heteroatoms. The van der Waals surface area contributed by atoms with Gasteiger partial charge in [-0.2, -0.15) is 0 Å². The molecule has 0 aromatic rings. The van der Waals surface area contributed by atoms with Gasteiger partial charge in [0.1, 0.15) is 43.2 Å². The highest BCUT2D eigenvalue weighted by molar-refractivity contribution is 7.47. The molecule has 1 aliphatic carbocycles. The first kappa shape index (κ1) is 41.9. The Labute approximate surface area is 268 Å². The fraction of sp³-hybridized carbons (Fsp3) is 0.935. The van der Waals surface area contributed by atoms with Gasteiger partial charge in [0.15, 0.2) is 6.10 Å². The van der Waals surface area contributed by atoms with E-state index in [2.05, 4.69) is 13.8 Å². The molecule has 0 spiro atoms. The van der Waals surface area contributed by atoms with E-state index < -0.39 is 75.7 Å². The van der Waals surface area contributed by atoms with Crippen LogP contribution in [0.25, 0.3) is 0 Å². The third-order valence-corrected chi connectivity index (χ3v) is 8.93. The first-order valence-corrected chi connectivity index (χ1v) is 18.3. The van der Waals surface area contributed by atoms with Crippen molar-refractivity contribution in [3.05, 3.63) is 0 Å². The Morgan fingerprint density at radius 1 is 0.600 bits per heavy atom. The summed E-state index contributed by atoms with van der Waals surface area (Å²) in [4.78, 5) is 35.0. The van der Waals surface area contributed by atoms with Gasteiger partial charge < -0.3 is 39.9 Å². The van der Waals surface area contributed by atoms with Gasteiger partial charge in [-0.3, -0.25) is 18.6 Å². The predicted molar refractivity (Wildman–Crippen MR) is 166 cm³/mol. The van der Waals surface area contributed by atoms with Crippen molar-refractivity contribution in [2.75, 3.05) is 13.2 Å². The van der Waals surface area contributed by atoms with Crippen molar-refractivity contribution < 1.29 is 63.1 Å². The van der Waals surface area contributed by atoms with Gasteiger partial charge >= 0.3 is 19.8 Å². The van der Waals surface area contributed by atoms with E-state index in [0.717, 1.165) is 57.8 Å². The number of ether oxygens (including phenoxy) is 2. The Morgan fingerprint density at radius 3 is 1.47 bits per heavy atom. The molecule has 0 amide bonds. The summed E-state index contributed by atoms with van der Waals surface area (Å²) in [5.41, 5.74) is 0. The summed E-state index contributed by atoms with van der Waals surface area (Å²) < 4.78 is 33.0. The molecule has 1 saturated carbocycles. The van der Waals surface area contributed by atoms with Crippen molar-refractivity contribution in [1.29, 1.82) is 0 Å². The maximum atomic E-state index is 12.6. The van der Waals surface area contributed by atoms with Crippen LogP contribution in [0.4, 0.5) is 0 Å². The van der Waals surface area contributed by atoms with Gasteiger partial charge in [-0.15, -0.1) is 0 Å². The number of aliphatic hydroxyl groups excluding tert-OH is 5. The molecule has 1 rings (SSSR count). The lowest BCUT2D eigenvalue weighted by atomic mass is 9.85. The SMILES string of the molecule is CCCCCCCCCCCC(=O)O[C@H](COC(=O)CCCCCCCCC)COP(=O)(O)OC1C(O)C(O)C(O)[C@@H](O)C1O. The van der Waals surface area contributed by atoms with Crippen LogP contribution in [-0.4, -0.2) is 98.3 Å². The van der Waals surface area contributed by atoms with Gasteiger partial charge in [-0.25, -0.2) is 4.57 Å². The van der Waals surface area contributed by atoms with Gasteiger partial charge in [0.2, 0.25) is 0 Å². The standard InChI is InChI=1S/C31H59O13P/c1-3-5-7-9-11-12-14-16-18-20-25(33)43-23(21-41-24(32)19-17-15-13-10-8-6-4-2)22-42-45(39,40)44-31-29(37)27(35)26(34)28(36)30(31)38/h23,26-31,34-38H,3-22H2,1-2H3,(H,39,40)/t23-,26?,27-,28?,29?,30?,31?/m1/s1. The lowest BCUT2D eigenvalue weighted by Gasteiger charge is -2.41. The van der Waals surface area contributed by atoms with Gasteiger partial charge in [-0.1, -0.05) is 104 Å². The predicted octanol–water partition coefficient (Wildman–Crippen LogP) is 3.82. The second-order valence-corrected chi connectivity index (χ2v) is 13.4. The topological polar surface area (TPSA) is 210 Å². The van der Waals surface area contributed by atoms with Crippen LogP contribution >= 0.6 is 7.82 Å². The average molecular weight is 671 g/mol. The minimum absolute atomic E-state index is 0.101. The first-order chi connectivity index (χ1) is 21.4. The van der Waals surface area contributed by atoms with Crippen LogP contribution < -0.4 is 0 Å². The highest BCUT2D eigenvalue weighted by Crippen LogP contribution is 2.47. The van der Waals surface area contributed by atoms with Crippen molar-refractivity contribution >= 4 is 19.8 Å². The smallest absolute Gasteiger partial charge is 0.462 e.